The summed E-state index contributed by atoms with van der Waals surface area (Å²) in [6.07, 6.45) is 0. The van der Waals surface area contributed by atoms with E-state index < -0.39 is 35.7 Å². The lowest BCUT2D eigenvalue weighted by atomic mass is 9.91. The standard InChI is InChI=1S/C20H17FN4O3/c1-12-3-8-15(9-16(12)21)23-17(26)11-25-18(27)20(2,24-19(25)28)14-6-4-13(10-22)5-7-14/h3-9H,11H2,1-2H3,(H,23,26)(H,24,28). The van der Waals surface area contributed by atoms with Gasteiger partial charge in [0.05, 0.1) is 11.6 Å². The van der Waals surface area contributed by atoms with Gasteiger partial charge in [0, 0.05) is 5.69 Å². The van der Waals surface area contributed by atoms with Crippen molar-refractivity contribution in [1.82, 2.24) is 10.2 Å². The molecule has 0 saturated carbocycles. The number of nitrogens with one attached hydrogen (secondary N) is 2. The van der Waals surface area contributed by atoms with Crippen molar-refractivity contribution in [3.63, 3.8) is 0 Å². The van der Waals surface area contributed by atoms with Crippen molar-refractivity contribution in [3.8, 4) is 6.07 Å². The third-order valence-electron chi connectivity index (χ3n) is 4.62. The lowest BCUT2D eigenvalue weighted by Crippen LogP contribution is -2.42. The number of imide groups is 1. The smallest absolute Gasteiger partial charge is 0.324 e. The molecule has 2 N–H and O–H groups in total. The molecule has 0 bridgehead atoms. The molecule has 1 unspecified atom stereocenters. The van der Waals surface area contributed by atoms with E-state index in [-0.39, 0.29) is 5.69 Å². The zero-order valence-corrected chi connectivity index (χ0v) is 15.2. The summed E-state index contributed by atoms with van der Waals surface area (Å²) in [5.41, 5.74) is 0.237. The Bertz CT molecular complexity index is 1010. The molecule has 1 aliphatic rings. The second-order valence-electron chi connectivity index (χ2n) is 6.65. The van der Waals surface area contributed by atoms with Gasteiger partial charge in [-0.2, -0.15) is 5.26 Å². The van der Waals surface area contributed by atoms with E-state index in [0.717, 1.165) is 4.90 Å². The molecule has 28 heavy (non-hydrogen) atoms. The third-order valence-corrected chi connectivity index (χ3v) is 4.62. The number of nitriles is 1. The SMILES string of the molecule is Cc1ccc(NC(=O)CN2C(=O)NC(C)(c3ccc(C#N)cc3)C2=O)cc1F. The first-order valence-electron chi connectivity index (χ1n) is 8.45. The second-order valence-corrected chi connectivity index (χ2v) is 6.65. The van der Waals surface area contributed by atoms with E-state index in [0.29, 0.717) is 16.7 Å². The molecule has 2 aromatic rings. The van der Waals surface area contributed by atoms with Crippen LogP contribution in [0, 0.1) is 24.1 Å². The van der Waals surface area contributed by atoms with Crippen LogP contribution >= 0.6 is 0 Å². The first-order chi connectivity index (χ1) is 13.2. The molecule has 0 aliphatic carbocycles. The number of benzene rings is 2. The Morgan fingerprint density at radius 2 is 1.93 bits per heavy atom. The molecular formula is C20H17FN4O3. The Hall–Kier alpha value is -3.73. The van der Waals surface area contributed by atoms with Crippen molar-refractivity contribution in [2.75, 3.05) is 11.9 Å². The van der Waals surface area contributed by atoms with Crippen LogP contribution < -0.4 is 10.6 Å². The summed E-state index contributed by atoms with van der Waals surface area (Å²) in [6, 6.07) is 11.7. The second kappa shape index (κ2) is 7.12. The van der Waals surface area contributed by atoms with E-state index in [1.165, 1.54) is 25.1 Å². The van der Waals surface area contributed by atoms with Crippen LogP contribution in [0.2, 0.25) is 0 Å². The molecule has 0 spiro atoms. The molecule has 4 amide bonds. The Labute approximate surface area is 160 Å². The number of hydrogen-bond donors (Lipinski definition) is 2. The van der Waals surface area contributed by atoms with Crippen LogP contribution in [-0.2, 0) is 15.1 Å². The average molecular weight is 380 g/mol. The molecule has 7 nitrogen and oxygen atoms in total. The number of rotatable bonds is 4. The van der Waals surface area contributed by atoms with Gasteiger partial charge in [-0.1, -0.05) is 18.2 Å². The maximum absolute atomic E-state index is 13.6. The van der Waals surface area contributed by atoms with Crippen LogP contribution in [0.3, 0.4) is 0 Å². The number of halogens is 1. The van der Waals surface area contributed by atoms with Crippen molar-refractivity contribution in [3.05, 3.63) is 65.0 Å². The zero-order chi connectivity index (χ0) is 20.5. The molecule has 1 heterocycles. The topological polar surface area (TPSA) is 102 Å². The summed E-state index contributed by atoms with van der Waals surface area (Å²) in [4.78, 5) is 38.1. The van der Waals surface area contributed by atoms with E-state index in [4.69, 9.17) is 5.26 Å². The molecule has 1 atom stereocenters. The van der Waals surface area contributed by atoms with Crippen LogP contribution in [0.25, 0.3) is 0 Å². The molecule has 3 rings (SSSR count). The Balaban J connectivity index is 1.74. The average Bonchev–Trinajstić information content (AvgIpc) is 2.89. The van der Waals surface area contributed by atoms with Crippen molar-refractivity contribution >= 4 is 23.5 Å². The Morgan fingerprint density at radius 3 is 2.54 bits per heavy atom. The fraction of sp³-hybridized carbons (Fsp3) is 0.200. The van der Waals surface area contributed by atoms with Gasteiger partial charge in [-0.05, 0) is 49.2 Å². The number of aryl methyl sites for hydroxylation is 1. The highest BCUT2D eigenvalue weighted by atomic mass is 19.1. The quantitative estimate of drug-likeness (QED) is 0.795. The molecule has 1 saturated heterocycles. The number of amides is 4. The van der Waals surface area contributed by atoms with E-state index in [1.54, 1.807) is 31.2 Å². The predicted octanol–water partition coefficient (Wildman–Crippen LogP) is 2.41. The van der Waals surface area contributed by atoms with Crippen molar-refractivity contribution in [1.29, 1.82) is 5.26 Å². The number of anilines is 1. The van der Waals surface area contributed by atoms with E-state index in [1.807, 2.05) is 6.07 Å². The minimum atomic E-state index is -1.35. The van der Waals surface area contributed by atoms with Gasteiger partial charge >= 0.3 is 6.03 Å². The first-order valence-corrected chi connectivity index (χ1v) is 8.45. The summed E-state index contributed by atoms with van der Waals surface area (Å²) in [6.45, 7) is 2.62. The van der Waals surface area contributed by atoms with Crippen molar-refractivity contribution in [2.24, 2.45) is 0 Å². The highest BCUT2D eigenvalue weighted by Crippen LogP contribution is 2.29. The summed E-state index contributed by atoms with van der Waals surface area (Å²) < 4.78 is 13.6. The number of carbonyl (C=O) groups is 3. The first kappa shape index (κ1) is 19.0. The number of nitrogens with zero attached hydrogens (tertiary/aromatic N) is 2. The van der Waals surface area contributed by atoms with Gasteiger partial charge in [0.15, 0.2) is 0 Å². The van der Waals surface area contributed by atoms with Gasteiger partial charge in [0.2, 0.25) is 5.91 Å². The van der Waals surface area contributed by atoms with Gasteiger partial charge in [0.25, 0.3) is 5.91 Å². The molecule has 8 heteroatoms. The zero-order valence-electron chi connectivity index (χ0n) is 15.2. The van der Waals surface area contributed by atoms with Gasteiger partial charge < -0.3 is 10.6 Å². The number of urea groups is 1. The summed E-state index contributed by atoms with van der Waals surface area (Å²) in [5.74, 6) is -1.69. The Morgan fingerprint density at radius 1 is 1.25 bits per heavy atom. The van der Waals surface area contributed by atoms with Crippen LogP contribution in [0.5, 0.6) is 0 Å². The monoisotopic (exact) mass is 380 g/mol. The predicted molar refractivity (Wildman–Crippen MR) is 98.5 cm³/mol. The van der Waals surface area contributed by atoms with Crippen molar-refractivity contribution < 1.29 is 18.8 Å². The molecule has 142 valence electrons. The maximum atomic E-state index is 13.6. The van der Waals surface area contributed by atoms with E-state index >= 15 is 0 Å². The van der Waals surface area contributed by atoms with E-state index in [2.05, 4.69) is 10.6 Å². The Kier molecular flexibility index (Phi) is 4.84. The largest absolute Gasteiger partial charge is 0.325 e. The van der Waals surface area contributed by atoms with Crippen LogP contribution in [-0.4, -0.2) is 29.3 Å². The van der Waals surface area contributed by atoms with Crippen LogP contribution in [0.1, 0.15) is 23.6 Å². The minimum absolute atomic E-state index is 0.231. The molecule has 1 fully saturated rings. The van der Waals surface area contributed by atoms with E-state index in [9.17, 15) is 18.8 Å². The third kappa shape index (κ3) is 3.42. The fourth-order valence-electron chi connectivity index (χ4n) is 2.93. The molecule has 2 aromatic carbocycles. The van der Waals surface area contributed by atoms with Crippen LogP contribution in [0.15, 0.2) is 42.5 Å². The summed E-state index contributed by atoms with van der Waals surface area (Å²) in [7, 11) is 0. The molecule has 1 aliphatic heterocycles. The lowest BCUT2D eigenvalue weighted by molar-refractivity contribution is -0.133. The number of carbonyl (C=O) groups excluding carboxylic acids is 3. The highest BCUT2D eigenvalue weighted by molar-refractivity contribution is 6.10. The minimum Gasteiger partial charge on any atom is -0.324 e. The van der Waals surface area contributed by atoms with Crippen molar-refractivity contribution in [2.45, 2.75) is 19.4 Å². The van der Waals surface area contributed by atoms with Gasteiger partial charge in [0.1, 0.15) is 17.9 Å². The molecule has 0 radical (unpaired) electrons. The van der Waals surface area contributed by atoms with Gasteiger partial charge in [-0.15, -0.1) is 0 Å². The fourth-order valence-corrected chi connectivity index (χ4v) is 2.93. The summed E-state index contributed by atoms with van der Waals surface area (Å²) >= 11 is 0. The molecular weight excluding hydrogens is 363 g/mol. The number of hydrogen-bond acceptors (Lipinski definition) is 4. The highest BCUT2D eigenvalue weighted by Gasteiger charge is 2.49. The molecule has 0 aromatic heterocycles. The van der Waals surface area contributed by atoms with Gasteiger partial charge in [-0.25, -0.2) is 9.18 Å². The van der Waals surface area contributed by atoms with Gasteiger partial charge in [-0.3, -0.25) is 14.5 Å². The maximum Gasteiger partial charge on any atom is 0.325 e. The summed E-state index contributed by atoms with van der Waals surface area (Å²) in [5, 5.41) is 13.9. The normalized spacial score (nSPS) is 18.6. The lowest BCUT2D eigenvalue weighted by Gasteiger charge is -2.22. The van der Waals surface area contributed by atoms with Crippen LogP contribution in [0.4, 0.5) is 14.9 Å².